The number of carbonyl (C=O) groups is 1. The van der Waals surface area contributed by atoms with Gasteiger partial charge in [0.15, 0.2) is 22.4 Å². The molecule has 0 unspecified atom stereocenters. The summed E-state index contributed by atoms with van der Waals surface area (Å²) >= 11 is 1.40. The van der Waals surface area contributed by atoms with Crippen molar-refractivity contribution in [3.63, 3.8) is 0 Å². The summed E-state index contributed by atoms with van der Waals surface area (Å²) in [6.45, 7) is 4.82. The van der Waals surface area contributed by atoms with Crippen LogP contribution < -0.4 is 9.47 Å². The molecular formula is C26H28N4O3S. The maximum absolute atomic E-state index is 13.1. The number of ketones is 1. The van der Waals surface area contributed by atoms with Gasteiger partial charge in [0.05, 0.1) is 20.0 Å². The molecular weight excluding hydrogens is 448 g/mol. The Morgan fingerprint density at radius 3 is 2.50 bits per heavy atom. The van der Waals surface area contributed by atoms with E-state index in [4.69, 9.17) is 9.47 Å². The number of rotatable bonds is 10. The van der Waals surface area contributed by atoms with Gasteiger partial charge in [0, 0.05) is 29.2 Å². The van der Waals surface area contributed by atoms with Gasteiger partial charge in [-0.25, -0.2) is 0 Å². The van der Waals surface area contributed by atoms with Crippen molar-refractivity contribution in [3.05, 3.63) is 83.4 Å². The molecule has 2 aromatic heterocycles. The first-order valence-electron chi connectivity index (χ1n) is 11.0. The number of para-hydroxylation sites is 1. The number of hydrogen-bond acceptors (Lipinski definition) is 6. The van der Waals surface area contributed by atoms with Gasteiger partial charge in [0.1, 0.15) is 6.33 Å². The van der Waals surface area contributed by atoms with Crippen LogP contribution in [0.1, 0.15) is 27.3 Å². The zero-order valence-corrected chi connectivity index (χ0v) is 20.6. The van der Waals surface area contributed by atoms with Gasteiger partial charge in [-0.1, -0.05) is 36.0 Å². The molecule has 0 atom stereocenters. The molecule has 0 aliphatic heterocycles. The second-order valence-electron chi connectivity index (χ2n) is 7.91. The predicted octanol–water partition coefficient (Wildman–Crippen LogP) is 4.92. The van der Waals surface area contributed by atoms with Crippen LogP contribution in [-0.4, -0.2) is 45.1 Å². The third-order valence-corrected chi connectivity index (χ3v) is 6.77. The molecule has 0 N–H and O–H groups in total. The zero-order valence-electron chi connectivity index (χ0n) is 19.8. The van der Waals surface area contributed by atoms with E-state index in [0.29, 0.717) is 16.7 Å². The van der Waals surface area contributed by atoms with Crippen LogP contribution in [0.25, 0.3) is 5.69 Å². The third kappa shape index (κ3) is 5.02. The number of benzene rings is 2. The first-order valence-corrected chi connectivity index (χ1v) is 12.0. The molecule has 0 aliphatic carbocycles. The highest BCUT2D eigenvalue weighted by molar-refractivity contribution is 7.99. The highest BCUT2D eigenvalue weighted by atomic mass is 32.2. The molecule has 0 amide bonds. The van der Waals surface area contributed by atoms with Crippen LogP contribution >= 0.6 is 11.8 Å². The lowest BCUT2D eigenvalue weighted by Crippen LogP contribution is -2.09. The molecule has 0 radical (unpaired) electrons. The van der Waals surface area contributed by atoms with E-state index < -0.39 is 0 Å². The second-order valence-corrected chi connectivity index (χ2v) is 8.85. The van der Waals surface area contributed by atoms with E-state index in [-0.39, 0.29) is 5.78 Å². The number of aromatic nitrogens is 4. The van der Waals surface area contributed by atoms with Gasteiger partial charge in [0.25, 0.3) is 0 Å². The molecule has 0 fully saturated rings. The Bertz CT molecular complexity index is 1280. The lowest BCUT2D eigenvalue weighted by Gasteiger charge is -2.12. The molecule has 4 rings (SSSR count). The van der Waals surface area contributed by atoms with Crippen molar-refractivity contribution in [1.82, 2.24) is 19.3 Å². The highest BCUT2D eigenvalue weighted by Gasteiger charge is 2.18. The molecule has 2 aromatic carbocycles. The Balaban J connectivity index is 1.43. The van der Waals surface area contributed by atoms with Crippen molar-refractivity contribution in [2.75, 3.05) is 20.0 Å². The van der Waals surface area contributed by atoms with Gasteiger partial charge in [0.2, 0.25) is 0 Å². The highest BCUT2D eigenvalue weighted by Crippen LogP contribution is 2.28. The Labute approximate surface area is 203 Å². The molecule has 0 aliphatic rings. The molecule has 0 bridgehead atoms. The van der Waals surface area contributed by atoms with Gasteiger partial charge < -0.3 is 14.0 Å². The first kappa shape index (κ1) is 23.6. The second kappa shape index (κ2) is 10.6. The maximum Gasteiger partial charge on any atom is 0.196 e. The van der Waals surface area contributed by atoms with Crippen LogP contribution in [0.4, 0.5) is 0 Å². The number of methoxy groups -OCH3 is 2. The van der Waals surface area contributed by atoms with Crippen molar-refractivity contribution in [1.29, 1.82) is 0 Å². The normalized spacial score (nSPS) is 10.9. The summed E-state index contributed by atoms with van der Waals surface area (Å²) in [5.41, 5.74) is 4.92. The minimum atomic E-state index is 0.0816. The number of hydrogen-bond donors (Lipinski definition) is 0. The summed E-state index contributed by atoms with van der Waals surface area (Å²) in [6, 6.07) is 17.8. The summed E-state index contributed by atoms with van der Waals surface area (Å²) in [6.07, 6.45) is 2.49. The first-order chi connectivity index (χ1) is 16.5. The van der Waals surface area contributed by atoms with Crippen molar-refractivity contribution >= 4 is 17.5 Å². The summed E-state index contributed by atoms with van der Waals surface area (Å²) in [7, 11) is 3.27. The van der Waals surface area contributed by atoms with Gasteiger partial charge in [-0.2, -0.15) is 0 Å². The topological polar surface area (TPSA) is 71.2 Å². The van der Waals surface area contributed by atoms with Gasteiger partial charge in [-0.3, -0.25) is 9.36 Å². The summed E-state index contributed by atoms with van der Waals surface area (Å²) in [5.74, 6) is 1.81. The number of thioether (sulfide) groups is 1. The van der Waals surface area contributed by atoms with Crippen molar-refractivity contribution in [3.8, 4) is 17.2 Å². The molecule has 0 saturated heterocycles. The smallest absolute Gasteiger partial charge is 0.196 e. The fourth-order valence-corrected chi connectivity index (χ4v) is 4.81. The van der Waals surface area contributed by atoms with E-state index in [1.54, 1.807) is 20.5 Å². The summed E-state index contributed by atoms with van der Waals surface area (Å²) in [5, 5.41) is 8.91. The van der Waals surface area contributed by atoms with E-state index in [0.717, 1.165) is 46.9 Å². The Morgan fingerprint density at radius 1 is 1.00 bits per heavy atom. The SMILES string of the molecule is COc1ccc(CCn2c(C)cc(C(=O)CSc3nncn3-c3ccccc3)c2C)cc1OC. The number of nitrogens with zero attached hydrogens (tertiary/aromatic N) is 4. The van der Waals surface area contributed by atoms with E-state index in [1.165, 1.54) is 11.8 Å². The summed E-state index contributed by atoms with van der Waals surface area (Å²) < 4.78 is 14.8. The standard InChI is InChI=1S/C26H28N4O3S/c1-18-14-22(19(2)29(18)13-12-20-10-11-24(32-3)25(15-20)33-4)23(31)16-34-26-28-27-17-30(26)21-8-6-5-7-9-21/h5-11,14-15,17H,12-13,16H2,1-4H3. The van der Waals surface area contributed by atoms with E-state index in [1.807, 2.05) is 73.0 Å². The molecule has 0 saturated carbocycles. The predicted molar refractivity (Wildman–Crippen MR) is 134 cm³/mol. The van der Waals surface area contributed by atoms with Crippen molar-refractivity contribution in [2.45, 2.75) is 32.0 Å². The Kier molecular flexibility index (Phi) is 7.37. The summed E-state index contributed by atoms with van der Waals surface area (Å²) in [4.78, 5) is 13.1. The fraction of sp³-hybridized carbons (Fsp3) is 0.269. The number of Topliss-reactive ketones (excluding diaryl/α,β-unsaturated/α-hetero) is 1. The van der Waals surface area contributed by atoms with Gasteiger partial charge >= 0.3 is 0 Å². The third-order valence-electron chi connectivity index (χ3n) is 5.83. The average molecular weight is 477 g/mol. The number of aryl methyl sites for hydroxylation is 2. The largest absolute Gasteiger partial charge is 0.493 e. The lowest BCUT2D eigenvalue weighted by atomic mass is 10.1. The number of carbonyl (C=O) groups excluding carboxylic acids is 1. The molecule has 176 valence electrons. The van der Waals surface area contributed by atoms with E-state index in [9.17, 15) is 4.79 Å². The molecule has 8 heteroatoms. The molecule has 34 heavy (non-hydrogen) atoms. The maximum atomic E-state index is 13.1. The van der Waals surface area contributed by atoms with Crippen LogP contribution in [0.15, 0.2) is 66.1 Å². The van der Waals surface area contributed by atoms with Crippen LogP contribution in [-0.2, 0) is 13.0 Å². The van der Waals surface area contributed by atoms with E-state index in [2.05, 4.69) is 14.8 Å². The van der Waals surface area contributed by atoms with Crippen molar-refractivity contribution in [2.24, 2.45) is 0 Å². The Morgan fingerprint density at radius 2 is 1.76 bits per heavy atom. The van der Waals surface area contributed by atoms with Crippen LogP contribution in [0, 0.1) is 13.8 Å². The Hall–Kier alpha value is -3.52. The van der Waals surface area contributed by atoms with E-state index >= 15 is 0 Å². The zero-order chi connectivity index (χ0) is 24.1. The average Bonchev–Trinajstić information content (AvgIpc) is 3.45. The van der Waals surface area contributed by atoms with Crippen LogP contribution in [0.3, 0.4) is 0 Å². The molecule has 0 spiro atoms. The molecule has 4 aromatic rings. The molecule has 2 heterocycles. The fourth-order valence-electron chi connectivity index (χ4n) is 4.00. The van der Waals surface area contributed by atoms with Gasteiger partial charge in [-0.15, -0.1) is 10.2 Å². The van der Waals surface area contributed by atoms with Gasteiger partial charge in [-0.05, 0) is 56.2 Å². The van der Waals surface area contributed by atoms with Crippen LogP contribution in [0.5, 0.6) is 11.5 Å². The molecule has 7 nitrogen and oxygen atoms in total. The van der Waals surface area contributed by atoms with Crippen LogP contribution in [0.2, 0.25) is 0 Å². The van der Waals surface area contributed by atoms with Crippen molar-refractivity contribution < 1.29 is 14.3 Å². The minimum absolute atomic E-state index is 0.0816. The lowest BCUT2D eigenvalue weighted by molar-refractivity contribution is 0.102. The number of ether oxygens (including phenoxy) is 2. The minimum Gasteiger partial charge on any atom is -0.493 e. The quantitative estimate of drug-likeness (QED) is 0.239. The monoisotopic (exact) mass is 476 g/mol.